The van der Waals surface area contributed by atoms with Crippen LogP contribution in [0.15, 0.2) is 12.1 Å². The molecule has 1 aromatic rings. The van der Waals surface area contributed by atoms with Gasteiger partial charge in [0.15, 0.2) is 17.8 Å². The van der Waals surface area contributed by atoms with Crippen LogP contribution in [0.3, 0.4) is 0 Å². The summed E-state index contributed by atoms with van der Waals surface area (Å²) in [6.07, 6.45) is 0.772. The largest absolute Gasteiger partial charge is 0.492 e. The molecule has 0 aliphatic heterocycles. The first-order valence-corrected chi connectivity index (χ1v) is 4.49. The second-order valence-electron chi connectivity index (χ2n) is 2.94. The monoisotopic (exact) mass is 194 g/mol. The van der Waals surface area contributed by atoms with Crippen LogP contribution >= 0.6 is 0 Å². The molecule has 0 radical (unpaired) electrons. The van der Waals surface area contributed by atoms with Gasteiger partial charge in [-0.1, -0.05) is 0 Å². The van der Waals surface area contributed by atoms with Gasteiger partial charge in [0.05, 0.1) is 19.3 Å². The number of hydrogen-bond acceptors (Lipinski definition) is 3. The summed E-state index contributed by atoms with van der Waals surface area (Å²) in [7, 11) is 1.53. The lowest BCUT2D eigenvalue weighted by Gasteiger charge is -2.11. The van der Waals surface area contributed by atoms with Crippen LogP contribution in [-0.2, 0) is 0 Å². The summed E-state index contributed by atoms with van der Waals surface area (Å²) in [6.45, 7) is 4.36. The molecule has 0 atom stereocenters. The molecule has 1 aromatic carbocycles. The van der Waals surface area contributed by atoms with Crippen LogP contribution in [0.5, 0.6) is 11.5 Å². The molecule has 3 heteroatoms. The molecular weight excluding hydrogens is 180 g/mol. The van der Waals surface area contributed by atoms with Crippen molar-refractivity contribution in [3.05, 3.63) is 23.3 Å². The summed E-state index contributed by atoms with van der Waals surface area (Å²) in [5.41, 5.74) is 1.51. The Morgan fingerprint density at radius 3 is 2.64 bits per heavy atom. The highest BCUT2D eigenvalue weighted by Crippen LogP contribution is 2.31. The van der Waals surface area contributed by atoms with Crippen LogP contribution in [0.2, 0.25) is 0 Å². The molecule has 0 fully saturated rings. The number of aryl methyl sites for hydroxylation is 1. The van der Waals surface area contributed by atoms with Crippen LogP contribution < -0.4 is 9.47 Å². The van der Waals surface area contributed by atoms with E-state index in [1.165, 1.54) is 7.11 Å². The van der Waals surface area contributed by atoms with E-state index in [9.17, 15) is 4.79 Å². The van der Waals surface area contributed by atoms with Crippen LogP contribution in [0.4, 0.5) is 0 Å². The number of methoxy groups -OCH3 is 1. The average Bonchev–Trinajstić information content (AvgIpc) is 2.17. The number of hydrogen-bond donors (Lipinski definition) is 0. The van der Waals surface area contributed by atoms with Gasteiger partial charge >= 0.3 is 0 Å². The van der Waals surface area contributed by atoms with Gasteiger partial charge < -0.3 is 9.47 Å². The van der Waals surface area contributed by atoms with Gasteiger partial charge in [-0.05, 0) is 31.5 Å². The number of carbonyl (C=O) groups is 1. The van der Waals surface area contributed by atoms with Gasteiger partial charge in [0.1, 0.15) is 0 Å². The van der Waals surface area contributed by atoms with Crippen molar-refractivity contribution >= 4 is 6.29 Å². The number of ether oxygens (including phenoxy) is 2. The average molecular weight is 194 g/mol. The Morgan fingerprint density at radius 2 is 2.14 bits per heavy atom. The van der Waals surface area contributed by atoms with Crippen molar-refractivity contribution in [2.75, 3.05) is 13.7 Å². The van der Waals surface area contributed by atoms with Crippen LogP contribution in [0, 0.1) is 6.92 Å². The second kappa shape index (κ2) is 4.65. The highest BCUT2D eigenvalue weighted by Gasteiger charge is 2.10. The van der Waals surface area contributed by atoms with E-state index in [2.05, 4.69) is 0 Å². The fraction of sp³-hybridized carbons (Fsp3) is 0.364. The molecule has 14 heavy (non-hydrogen) atoms. The molecule has 0 amide bonds. The maximum atomic E-state index is 10.8. The smallest absolute Gasteiger partial charge is 0.171 e. The van der Waals surface area contributed by atoms with Crippen molar-refractivity contribution in [3.63, 3.8) is 0 Å². The zero-order chi connectivity index (χ0) is 10.6. The molecule has 0 N–H and O–H groups in total. The zero-order valence-electron chi connectivity index (χ0n) is 8.66. The van der Waals surface area contributed by atoms with Crippen molar-refractivity contribution in [2.24, 2.45) is 0 Å². The van der Waals surface area contributed by atoms with Crippen molar-refractivity contribution in [1.29, 1.82) is 0 Å². The Kier molecular flexibility index (Phi) is 3.51. The van der Waals surface area contributed by atoms with Crippen molar-refractivity contribution in [2.45, 2.75) is 13.8 Å². The molecule has 0 aliphatic rings. The summed E-state index contributed by atoms with van der Waals surface area (Å²) in [5, 5.41) is 0. The third kappa shape index (κ3) is 2.05. The highest BCUT2D eigenvalue weighted by atomic mass is 16.5. The zero-order valence-corrected chi connectivity index (χ0v) is 8.66. The summed E-state index contributed by atoms with van der Waals surface area (Å²) >= 11 is 0. The van der Waals surface area contributed by atoms with E-state index in [-0.39, 0.29) is 0 Å². The summed E-state index contributed by atoms with van der Waals surface area (Å²) in [4.78, 5) is 10.8. The molecule has 0 unspecified atom stereocenters. The van der Waals surface area contributed by atoms with Crippen LogP contribution in [-0.4, -0.2) is 20.0 Å². The lowest BCUT2D eigenvalue weighted by molar-refractivity contribution is 0.111. The van der Waals surface area contributed by atoms with Crippen LogP contribution in [0.1, 0.15) is 22.8 Å². The van der Waals surface area contributed by atoms with Crippen molar-refractivity contribution < 1.29 is 14.3 Å². The first-order valence-electron chi connectivity index (χ1n) is 4.49. The van der Waals surface area contributed by atoms with E-state index in [0.717, 1.165) is 11.8 Å². The summed E-state index contributed by atoms with van der Waals surface area (Å²) in [5.74, 6) is 1.13. The van der Waals surface area contributed by atoms with Gasteiger partial charge in [0, 0.05) is 0 Å². The Morgan fingerprint density at radius 1 is 1.43 bits per heavy atom. The van der Waals surface area contributed by atoms with E-state index < -0.39 is 0 Å². The second-order valence-corrected chi connectivity index (χ2v) is 2.94. The number of benzene rings is 1. The SMILES string of the molecule is CCOc1cc(C)cc(C=O)c1OC. The summed E-state index contributed by atoms with van der Waals surface area (Å²) < 4.78 is 10.5. The Hall–Kier alpha value is -1.51. The third-order valence-corrected chi connectivity index (χ3v) is 1.86. The molecule has 0 heterocycles. The third-order valence-electron chi connectivity index (χ3n) is 1.86. The van der Waals surface area contributed by atoms with Gasteiger partial charge in [-0.15, -0.1) is 0 Å². The minimum Gasteiger partial charge on any atom is -0.492 e. The molecular formula is C11H14O3. The fourth-order valence-corrected chi connectivity index (χ4v) is 1.34. The van der Waals surface area contributed by atoms with Gasteiger partial charge in [-0.25, -0.2) is 0 Å². The normalized spacial score (nSPS) is 9.64. The molecule has 0 aliphatic carbocycles. The standard InChI is InChI=1S/C11H14O3/c1-4-14-10-6-8(2)5-9(7-12)11(10)13-3/h5-7H,4H2,1-3H3. The summed E-state index contributed by atoms with van der Waals surface area (Å²) in [6, 6.07) is 3.63. The number of rotatable bonds is 4. The van der Waals surface area contributed by atoms with Gasteiger partial charge in [0.2, 0.25) is 0 Å². The minimum atomic E-state index is 0.507. The molecule has 3 nitrogen and oxygen atoms in total. The molecule has 0 saturated heterocycles. The van der Waals surface area contributed by atoms with Crippen molar-refractivity contribution in [3.8, 4) is 11.5 Å². The topological polar surface area (TPSA) is 35.5 Å². The minimum absolute atomic E-state index is 0.507. The highest BCUT2D eigenvalue weighted by molar-refractivity contribution is 5.81. The predicted octanol–water partition coefficient (Wildman–Crippen LogP) is 2.21. The molecule has 0 bridgehead atoms. The number of aldehydes is 1. The Balaban J connectivity index is 3.23. The van der Waals surface area contributed by atoms with E-state index >= 15 is 0 Å². The van der Waals surface area contributed by atoms with Crippen molar-refractivity contribution in [1.82, 2.24) is 0 Å². The van der Waals surface area contributed by atoms with Gasteiger partial charge in [0.25, 0.3) is 0 Å². The van der Waals surface area contributed by atoms with E-state index in [0.29, 0.717) is 23.7 Å². The number of carbonyl (C=O) groups excluding carboxylic acids is 1. The molecule has 0 aromatic heterocycles. The first kappa shape index (κ1) is 10.6. The van der Waals surface area contributed by atoms with Crippen LogP contribution in [0.25, 0.3) is 0 Å². The maximum absolute atomic E-state index is 10.8. The quantitative estimate of drug-likeness (QED) is 0.689. The molecule has 0 spiro atoms. The first-order chi connectivity index (χ1) is 6.72. The van der Waals surface area contributed by atoms with Gasteiger partial charge in [-0.3, -0.25) is 4.79 Å². The fourth-order valence-electron chi connectivity index (χ4n) is 1.34. The molecule has 76 valence electrons. The Labute approximate surface area is 83.6 Å². The molecule has 1 rings (SSSR count). The lowest BCUT2D eigenvalue weighted by atomic mass is 10.1. The maximum Gasteiger partial charge on any atom is 0.171 e. The Bertz CT molecular complexity index is 332. The lowest BCUT2D eigenvalue weighted by Crippen LogP contribution is -1.99. The van der Waals surface area contributed by atoms with Gasteiger partial charge in [-0.2, -0.15) is 0 Å². The molecule has 0 saturated carbocycles. The van der Waals surface area contributed by atoms with E-state index in [1.54, 1.807) is 6.07 Å². The van der Waals surface area contributed by atoms with E-state index in [4.69, 9.17) is 9.47 Å². The predicted molar refractivity (Wildman–Crippen MR) is 54.3 cm³/mol. The van der Waals surface area contributed by atoms with E-state index in [1.807, 2.05) is 19.9 Å².